The van der Waals surface area contributed by atoms with Gasteiger partial charge in [0.25, 0.3) is 0 Å². The summed E-state index contributed by atoms with van der Waals surface area (Å²) in [6.45, 7) is 1.80. The van der Waals surface area contributed by atoms with Gasteiger partial charge in [-0.05, 0) is 24.5 Å². The molecular formula is C13H16N2O3. The Hall–Kier alpha value is -1.88. The number of carboxylic acid groups (broad SMARTS) is 1. The molecule has 2 rings (SSSR count). The molecule has 5 heteroatoms. The molecule has 1 aromatic rings. The van der Waals surface area contributed by atoms with Crippen molar-refractivity contribution in [1.82, 2.24) is 4.90 Å². The van der Waals surface area contributed by atoms with Crippen LogP contribution in [0.5, 0.6) is 0 Å². The van der Waals surface area contributed by atoms with Gasteiger partial charge in [0.15, 0.2) is 0 Å². The van der Waals surface area contributed by atoms with Crippen molar-refractivity contribution < 1.29 is 14.7 Å². The summed E-state index contributed by atoms with van der Waals surface area (Å²) >= 11 is 0. The second-order valence-corrected chi connectivity index (χ2v) is 4.56. The van der Waals surface area contributed by atoms with E-state index in [1.165, 1.54) is 11.8 Å². The fraction of sp³-hybridized carbons (Fsp3) is 0.385. The molecule has 0 spiro atoms. The number of rotatable bonds is 2. The highest BCUT2D eigenvalue weighted by atomic mass is 16.4. The molecule has 0 radical (unpaired) electrons. The second-order valence-electron chi connectivity index (χ2n) is 4.56. The quantitative estimate of drug-likeness (QED) is 0.792. The summed E-state index contributed by atoms with van der Waals surface area (Å²) in [6.07, 6.45) is 0.456. The van der Waals surface area contributed by atoms with Crippen LogP contribution in [0, 0.1) is 0 Å². The van der Waals surface area contributed by atoms with Gasteiger partial charge in [0, 0.05) is 6.54 Å². The molecule has 1 aliphatic heterocycles. The Bertz CT molecular complexity index is 487. The predicted molar refractivity (Wildman–Crippen MR) is 65.8 cm³/mol. The van der Waals surface area contributed by atoms with Crippen LogP contribution in [-0.4, -0.2) is 34.0 Å². The van der Waals surface area contributed by atoms with E-state index in [1.54, 1.807) is 0 Å². The summed E-state index contributed by atoms with van der Waals surface area (Å²) in [6, 6.07) is 6.07. The van der Waals surface area contributed by atoms with E-state index in [0.717, 1.165) is 11.1 Å². The topological polar surface area (TPSA) is 83.6 Å². The minimum atomic E-state index is -1.02. The van der Waals surface area contributed by atoms with Crippen LogP contribution >= 0.6 is 0 Å². The lowest BCUT2D eigenvalue weighted by atomic mass is 10.0. The molecule has 1 aliphatic rings. The van der Waals surface area contributed by atoms with Crippen LogP contribution in [0.1, 0.15) is 18.1 Å². The van der Waals surface area contributed by atoms with Gasteiger partial charge in [-0.1, -0.05) is 24.3 Å². The molecule has 0 aromatic heterocycles. The monoisotopic (exact) mass is 248 g/mol. The number of nitrogens with two attached hydrogens (primary N) is 1. The van der Waals surface area contributed by atoms with Gasteiger partial charge in [0.2, 0.25) is 5.91 Å². The molecule has 5 nitrogen and oxygen atoms in total. The summed E-state index contributed by atoms with van der Waals surface area (Å²) in [5.41, 5.74) is 7.81. The Morgan fingerprint density at radius 1 is 1.44 bits per heavy atom. The van der Waals surface area contributed by atoms with Crippen LogP contribution in [0.3, 0.4) is 0 Å². The molecule has 0 bridgehead atoms. The number of amides is 1. The van der Waals surface area contributed by atoms with Gasteiger partial charge in [-0.2, -0.15) is 0 Å². The highest BCUT2D eigenvalue weighted by Crippen LogP contribution is 2.20. The minimum Gasteiger partial charge on any atom is -0.480 e. The van der Waals surface area contributed by atoms with Crippen molar-refractivity contribution in [2.24, 2.45) is 5.73 Å². The third-order valence-corrected chi connectivity index (χ3v) is 3.32. The molecule has 3 N–H and O–H groups in total. The second kappa shape index (κ2) is 4.78. The first-order valence-corrected chi connectivity index (χ1v) is 5.86. The molecule has 1 heterocycles. The van der Waals surface area contributed by atoms with Crippen molar-refractivity contribution in [3.63, 3.8) is 0 Å². The molecule has 1 amide bonds. The maximum atomic E-state index is 12.1. The fourth-order valence-corrected chi connectivity index (χ4v) is 2.17. The average molecular weight is 248 g/mol. The van der Waals surface area contributed by atoms with Crippen LogP contribution in [0.15, 0.2) is 24.3 Å². The smallest absolute Gasteiger partial charge is 0.326 e. The molecule has 0 unspecified atom stereocenters. The summed E-state index contributed by atoms with van der Waals surface area (Å²) in [5, 5.41) is 9.04. The van der Waals surface area contributed by atoms with Crippen molar-refractivity contribution in [2.75, 3.05) is 0 Å². The summed E-state index contributed by atoms with van der Waals surface area (Å²) in [5.74, 6) is -1.32. The molecule has 2 atom stereocenters. The zero-order valence-corrected chi connectivity index (χ0v) is 10.2. The first kappa shape index (κ1) is 12.6. The summed E-state index contributed by atoms with van der Waals surface area (Å²) < 4.78 is 0. The summed E-state index contributed by atoms with van der Waals surface area (Å²) in [4.78, 5) is 24.5. The Kier molecular flexibility index (Phi) is 3.34. The molecule has 18 heavy (non-hydrogen) atoms. The highest BCUT2D eigenvalue weighted by Gasteiger charge is 2.32. The van der Waals surface area contributed by atoms with Crippen molar-refractivity contribution in [3.05, 3.63) is 35.4 Å². The van der Waals surface area contributed by atoms with E-state index in [2.05, 4.69) is 0 Å². The van der Waals surface area contributed by atoms with Crippen LogP contribution in [0.25, 0.3) is 0 Å². The van der Waals surface area contributed by atoms with E-state index in [9.17, 15) is 9.59 Å². The molecule has 0 aliphatic carbocycles. The number of hydrogen-bond donors (Lipinski definition) is 2. The Morgan fingerprint density at radius 2 is 2.06 bits per heavy atom. The van der Waals surface area contributed by atoms with Gasteiger partial charge < -0.3 is 15.7 Å². The molecule has 96 valence electrons. The van der Waals surface area contributed by atoms with Crippen LogP contribution in [-0.2, 0) is 22.6 Å². The first-order chi connectivity index (χ1) is 8.50. The highest BCUT2D eigenvalue weighted by molar-refractivity contribution is 5.87. The SMILES string of the molecule is C[C@@H](C(=O)O)N1Cc2ccccc2C[C@H](N)C1=O. The number of hydrogen-bond acceptors (Lipinski definition) is 3. The molecular weight excluding hydrogens is 232 g/mol. The molecule has 0 saturated heterocycles. The van der Waals surface area contributed by atoms with Gasteiger partial charge >= 0.3 is 5.97 Å². The number of nitrogens with zero attached hydrogens (tertiary/aromatic N) is 1. The first-order valence-electron chi connectivity index (χ1n) is 5.86. The van der Waals surface area contributed by atoms with Crippen molar-refractivity contribution in [2.45, 2.75) is 32.0 Å². The van der Waals surface area contributed by atoms with Gasteiger partial charge in [-0.3, -0.25) is 4.79 Å². The largest absolute Gasteiger partial charge is 0.480 e. The number of carbonyl (C=O) groups excluding carboxylic acids is 1. The third-order valence-electron chi connectivity index (χ3n) is 3.32. The standard InChI is InChI=1S/C13H16N2O3/c1-8(13(17)18)15-7-10-5-3-2-4-9(10)6-11(14)12(15)16/h2-5,8,11H,6-7,14H2,1H3,(H,17,18)/t8-,11-/m0/s1. The Labute approximate surface area is 105 Å². The Morgan fingerprint density at radius 3 is 2.67 bits per heavy atom. The number of fused-ring (bicyclic) bond motifs is 1. The van der Waals surface area contributed by atoms with Crippen molar-refractivity contribution >= 4 is 11.9 Å². The van der Waals surface area contributed by atoms with E-state index < -0.39 is 18.1 Å². The van der Waals surface area contributed by atoms with E-state index >= 15 is 0 Å². The summed E-state index contributed by atoms with van der Waals surface area (Å²) in [7, 11) is 0. The van der Waals surface area contributed by atoms with Gasteiger partial charge in [-0.25, -0.2) is 4.79 Å². The van der Waals surface area contributed by atoms with Crippen LogP contribution in [0.4, 0.5) is 0 Å². The maximum Gasteiger partial charge on any atom is 0.326 e. The van der Waals surface area contributed by atoms with Crippen LogP contribution < -0.4 is 5.73 Å². The Balaban J connectivity index is 2.37. The average Bonchev–Trinajstić information content (AvgIpc) is 2.47. The molecule has 0 saturated carbocycles. The van der Waals surface area contributed by atoms with E-state index in [0.29, 0.717) is 13.0 Å². The van der Waals surface area contributed by atoms with E-state index in [4.69, 9.17) is 10.8 Å². The lowest BCUT2D eigenvalue weighted by Crippen LogP contribution is -2.49. The lowest BCUT2D eigenvalue weighted by Gasteiger charge is -2.26. The molecule has 1 aromatic carbocycles. The number of carboxylic acids is 1. The predicted octanol–water partition coefficient (Wildman–Crippen LogP) is 0.372. The van der Waals surface area contributed by atoms with E-state index in [-0.39, 0.29) is 5.91 Å². The van der Waals surface area contributed by atoms with Crippen molar-refractivity contribution in [3.8, 4) is 0 Å². The van der Waals surface area contributed by atoms with E-state index in [1.807, 2.05) is 24.3 Å². The number of aliphatic carboxylic acids is 1. The minimum absolute atomic E-state index is 0.302. The van der Waals surface area contributed by atoms with Crippen molar-refractivity contribution in [1.29, 1.82) is 0 Å². The molecule has 0 fully saturated rings. The fourth-order valence-electron chi connectivity index (χ4n) is 2.17. The number of carbonyl (C=O) groups is 2. The third kappa shape index (κ3) is 2.22. The van der Waals surface area contributed by atoms with Gasteiger partial charge in [0.1, 0.15) is 6.04 Å². The maximum absolute atomic E-state index is 12.1. The van der Waals surface area contributed by atoms with Crippen LogP contribution in [0.2, 0.25) is 0 Å². The van der Waals surface area contributed by atoms with Gasteiger partial charge in [0.05, 0.1) is 6.04 Å². The zero-order chi connectivity index (χ0) is 13.3. The zero-order valence-electron chi connectivity index (χ0n) is 10.2. The lowest BCUT2D eigenvalue weighted by molar-refractivity contribution is -0.150. The number of benzene rings is 1. The normalized spacial score (nSPS) is 21.1. The van der Waals surface area contributed by atoms with Gasteiger partial charge in [-0.15, -0.1) is 0 Å².